The molecule has 5 rings (SSSR count). The molecule has 0 aliphatic carbocycles. The second kappa shape index (κ2) is 10.5. The number of amides is 1. The predicted octanol–water partition coefficient (Wildman–Crippen LogP) is 5.07. The SMILES string of the molecule is CCOc1ccc(-c2nc3n(n2)C(c2ccc(OCC)cc2)C(C(=O)Nc2cccnc2)=C(C)N3)cc1. The van der Waals surface area contributed by atoms with Crippen molar-refractivity contribution in [3.8, 4) is 22.9 Å². The van der Waals surface area contributed by atoms with E-state index in [-0.39, 0.29) is 5.91 Å². The third-order valence-corrected chi connectivity index (χ3v) is 5.95. The number of nitrogens with zero attached hydrogens (tertiary/aromatic N) is 4. The number of rotatable bonds is 8. The van der Waals surface area contributed by atoms with Gasteiger partial charge in [0.15, 0.2) is 5.82 Å². The Morgan fingerprint density at radius 2 is 1.68 bits per heavy atom. The number of carbonyl (C=O) groups is 1. The van der Waals surface area contributed by atoms with Gasteiger partial charge >= 0.3 is 0 Å². The van der Waals surface area contributed by atoms with Crippen LogP contribution in [0.3, 0.4) is 0 Å². The zero-order chi connectivity index (χ0) is 25.8. The van der Waals surface area contributed by atoms with Gasteiger partial charge in [0.05, 0.1) is 30.7 Å². The zero-order valence-electron chi connectivity index (χ0n) is 20.9. The maximum Gasteiger partial charge on any atom is 0.255 e. The van der Waals surface area contributed by atoms with Gasteiger partial charge in [-0.3, -0.25) is 9.78 Å². The third-order valence-electron chi connectivity index (χ3n) is 5.95. The smallest absolute Gasteiger partial charge is 0.255 e. The molecule has 1 aliphatic rings. The minimum atomic E-state index is -0.507. The molecule has 1 aliphatic heterocycles. The summed E-state index contributed by atoms with van der Waals surface area (Å²) in [6.07, 6.45) is 3.27. The highest BCUT2D eigenvalue weighted by molar-refractivity contribution is 6.05. The molecule has 2 N–H and O–H groups in total. The summed E-state index contributed by atoms with van der Waals surface area (Å²) in [6.45, 7) is 6.93. The van der Waals surface area contributed by atoms with E-state index in [1.807, 2.05) is 69.3 Å². The lowest BCUT2D eigenvalue weighted by atomic mass is 9.95. The summed E-state index contributed by atoms with van der Waals surface area (Å²) in [4.78, 5) is 22.4. The molecule has 188 valence electrons. The van der Waals surface area contributed by atoms with Gasteiger partial charge in [0.2, 0.25) is 5.95 Å². The number of hydrogen-bond donors (Lipinski definition) is 2. The van der Waals surface area contributed by atoms with E-state index in [2.05, 4.69) is 15.6 Å². The van der Waals surface area contributed by atoms with E-state index in [0.717, 1.165) is 22.6 Å². The van der Waals surface area contributed by atoms with E-state index in [0.29, 0.717) is 41.9 Å². The summed E-state index contributed by atoms with van der Waals surface area (Å²) in [7, 11) is 0. The highest BCUT2D eigenvalue weighted by Gasteiger charge is 2.34. The van der Waals surface area contributed by atoms with Crippen molar-refractivity contribution in [3.05, 3.63) is 89.9 Å². The van der Waals surface area contributed by atoms with Crippen LogP contribution in [0, 0.1) is 0 Å². The Morgan fingerprint density at radius 1 is 1.00 bits per heavy atom. The minimum Gasteiger partial charge on any atom is -0.494 e. The van der Waals surface area contributed by atoms with Crippen molar-refractivity contribution in [2.24, 2.45) is 0 Å². The number of nitrogens with one attached hydrogen (secondary N) is 2. The standard InChI is InChI=1S/C28H28N6O3/c1-4-36-22-12-8-19(9-13-22)25-24(27(35)31-21-7-6-16-29-17-21)18(3)30-28-32-26(33-34(25)28)20-10-14-23(15-11-20)37-5-2/h6-17,25H,4-5H2,1-3H3,(H,31,35)(H,30,32,33). The summed E-state index contributed by atoms with van der Waals surface area (Å²) in [5.74, 6) is 2.39. The van der Waals surface area contributed by atoms with E-state index in [1.54, 1.807) is 29.2 Å². The Kier molecular flexibility index (Phi) is 6.85. The Morgan fingerprint density at radius 3 is 2.30 bits per heavy atom. The van der Waals surface area contributed by atoms with Crippen LogP contribution in [0.4, 0.5) is 11.6 Å². The van der Waals surface area contributed by atoms with Gasteiger partial charge in [-0.05, 0) is 74.9 Å². The van der Waals surface area contributed by atoms with Gasteiger partial charge in [0.1, 0.15) is 17.5 Å². The van der Waals surface area contributed by atoms with Gasteiger partial charge in [-0.25, -0.2) is 4.68 Å². The summed E-state index contributed by atoms with van der Waals surface area (Å²) in [5.41, 5.74) is 3.56. The van der Waals surface area contributed by atoms with Crippen LogP contribution in [0.1, 0.15) is 32.4 Å². The molecule has 9 heteroatoms. The maximum atomic E-state index is 13.6. The Bertz CT molecular complexity index is 1410. The first kappa shape index (κ1) is 24.1. The van der Waals surface area contributed by atoms with Crippen LogP contribution in [0.15, 0.2) is 84.3 Å². The number of hydrogen-bond acceptors (Lipinski definition) is 7. The number of anilines is 2. The van der Waals surface area contributed by atoms with Crippen LogP contribution in [0.2, 0.25) is 0 Å². The highest BCUT2D eigenvalue weighted by Crippen LogP contribution is 2.37. The molecule has 2 aromatic carbocycles. The van der Waals surface area contributed by atoms with Crippen LogP contribution in [0.5, 0.6) is 11.5 Å². The highest BCUT2D eigenvalue weighted by atomic mass is 16.5. The van der Waals surface area contributed by atoms with Crippen molar-refractivity contribution in [2.75, 3.05) is 23.8 Å². The molecule has 9 nitrogen and oxygen atoms in total. The lowest BCUT2D eigenvalue weighted by Gasteiger charge is -2.28. The van der Waals surface area contributed by atoms with E-state index < -0.39 is 6.04 Å². The lowest BCUT2D eigenvalue weighted by Crippen LogP contribution is -2.31. The summed E-state index contributed by atoms with van der Waals surface area (Å²) in [5, 5.41) is 11.1. The van der Waals surface area contributed by atoms with E-state index in [9.17, 15) is 4.79 Å². The van der Waals surface area contributed by atoms with E-state index >= 15 is 0 Å². The van der Waals surface area contributed by atoms with Crippen LogP contribution < -0.4 is 20.1 Å². The van der Waals surface area contributed by atoms with Gasteiger partial charge in [-0.15, -0.1) is 5.10 Å². The first-order chi connectivity index (χ1) is 18.1. The second-order valence-corrected chi connectivity index (χ2v) is 8.43. The quantitative estimate of drug-likeness (QED) is 0.351. The lowest BCUT2D eigenvalue weighted by molar-refractivity contribution is -0.113. The van der Waals surface area contributed by atoms with Gasteiger partial charge < -0.3 is 20.1 Å². The Labute approximate surface area is 215 Å². The van der Waals surface area contributed by atoms with Crippen molar-refractivity contribution < 1.29 is 14.3 Å². The van der Waals surface area contributed by atoms with Crippen molar-refractivity contribution in [1.82, 2.24) is 19.7 Å². The van der Waals surface area contributed by atoms with Gasteiger partial charge in [0, 0.05) is 17.5 Å². The first-order valence-corrected chi connectivity index (χ1v) is 12.2. The largest absolute Gasteiger partial charge is 0.494 e. The summed E-state index contributed by atoms with van der Waals surface area (Å²) < 4.78 is 12.9. The summed E-state index contributed by atoms with van der Waals surface area (Å²) in [6, 6.07) is 18.4. The number of allylic oxidation sites excluding steroid dienone is 1. The molecule has 0 bridgehead atoms. The molecule has 0 spiro atoms. The fourth-order valence-corrected chi connectivity index (χ4v) is 4.29. The molecule has 0 saturated carbocycles. The molecular weight excluding hydrogens is 468 g/mol. The molecule has 3 heterocycles. The van der Waals surface area contributed by atoms with Crippen molar-refractivity contribution in [1.29, 1.82) is 0 Å². The molecule has 1 unspecified atom stereocenters. The molecule has 0 saturated heterocycles. The molecule has 2 aromatic heterocycles. The van der Waals surface area contributed by atoms with Crippen molar-refractivity contribution >= 4 is 17.5 Å². The van der Waals surface area contributed by atoms with Crippen LogP contribution in [-0.4, -0.2) is 38.9 Å². The number of fused-ring (bicyclic) bond motifs is 1. The van der Waals surface area contributed by atoms with Crippen molar-refractivity contribution in [2.45, 2.75) is 26.8 Å². The number of aromatic nitrogens is 4. The van der Waals surface area contributed by atoms with Crippen LogP contribution in [-0.2, 0) is 4.79 Å². The predicted molar refractivity (Wildman–Crippen MR) is 142 cm³/mol. The summed E-state index contributed by atoms with van der Waals surface area (Å²) >= 11 is 0. The third kappa shape index (κ3) is 5.02. The zero-order valence-corrected chi connectivity index (χ0v) is 20.9. The minimum absolute atomic E-state index is 0.249. The van der Waals surface area contributed by atoms with Gasteiger partial charge in [-0.1, -0.05) is 12.1 Å². The van der Waals surface area contributed by atoms with Crippen LogP contribution in [0.25, 0.3) is 11.4 Å². The normalized spacial score (nSPS) is 14.5. The second-order valence-electron chi connectivity index (χ2n) is 8.43. The Balaban J connectivity index is 1.55. The number of benzene rings is 2. The molecular formula is C28H28N6O3. The average Bonchev–Trinajstić information content (AvgIpc) is 3.33. The fourth-order valence-electron chi connectivity index (χ4n) is 4.29. The Hall–Kier alpha value is -4.66. The molecule has 0 fully saturated rings. The first-order valence-electron chi connectivity index (χ1n) is 12.2. The van der Waals surface area contributed by atoms with Crippen molar-refractivity contribution in [3.63, 3.8) is 0 Å². The number of pyridine rings is 1. The van der Waals surface area contributed by atoms with E-state index in [4.69, 9.17) is 19.6 Å². The fraction of sp³-hybridized carbons (Fsp3) is 0.214. The number of ether oxygens (including phenoxy) is 2. The molecule has 1 atom stereocenters. The maximum absolute atomic E-state index is 13.6. The van der Waals surface area contributed by atoms with E-state index in [1.165, 1.54) is 0 Å². The molecule has 37 heavy (non-hydrogen) atoms. The molecule has 0 radical (unpaired) electrons. The molecule has 1 amide bonds. The topological polar surface area (TPSA) is 103 Å². The van der Waals surface area contributed by atoms with Gasteiger partial charge in [0.25, 0.3) is 5.91 Å². The number of carbonyl (C=O) groups excluding carboxylic acids is 1. The van der Waals surface area contributed by atoms with Gasteiger partial charge in [-0.2, -0.15) is 4.98 Å². The molecule has 4 aromatic rings. The average molecular weight is 497 g/mol. The van der Waals surface area contributed by atoms with Crippen LogP contribution >= 0.6 is 0 Å². The monoisotopic (exact) mass is 496 g/mol.